The van der Waals surface area contributed by atoms with E-state index in [1.54, 1.807) is 0 Å². The van der Waals surface area contributed by atoms with Crippen molar-refractivity contribution < 1.29 is 44.7 Å². The van der Waals surface area contributed by atoms with Gasteiger partial charge in [-0.1, -0.05) is 18.2 Å². The summed E-state index contributed by atoms with van der Waals surface area (Å²) in [7, 11) is -4.19. The molecule has 236 valence electrons. The van der Waals surface area contributed by atoms with E-state index < -0.39 is 51.7 Å². The zero-order valence-electron chi connectivity index (χ0n) is 23.4. The first-order valence-corrected chi connectivity index (χ1v) is 15.9. The van der Waals surface area contributed by atoms with E-state index in [4.69, 9.17) is 9.57 Å². The number of nitrogens with zero attached hydrogens (tertiary/aromatic N) is 2. The van der Waals surface area contributed by atoms with E-state index in [0.29, 0.717) is 43.4 Å². The molecule has 43 heavy (non-hydrogen) atoms. The first-order valence-electron chi connectivity index (χ1n) is 14.4. The van der Waals surface area contributed by atoms with Gasteiger partial charge in [0.1, 0.15) is 0 Å². The number of carbonyl (C=O) groups is 1. The number of halogens is 5. The number of aryl methyl sites for hydroxylation is 1. The van der Waals surface area contributed by atoms with Gasteiger partial charge in [-0.2, -0.15) is 22.0 Å². The van der Waals surface area contributed by atoms with E-state index in [9.17, 15) is 35.2 Å². The largest absolute Gasteiger partial charge is 0.453 e. The van der Waals surface area contributed by atoms with E-state index in [-0.39, 0.29) is 23.3 Å². The molecular formula is C29H34F5N3O5S. The lowest BCUT2D eigenvalue weighted by Crippen LogP contribution is -2.58. The number of ether oxygens (including phenoxy) is 1. The Morgan fingerprint density at radius 1 is 1.02 bits per heavy atom. The minimum Gasteiger partial charge on any atom is -0.350 e. The molecule has 1 N–H and O–H groups in total. The van der Waals surface area contributed by atoms with Gasteiger partial charge in [0.25, 0.3) is 5.91 Å². The first-order chi connectivity index (χ1) is 20.3. The monoisotopic (exact) mass is 631 g/mol. The van der Waals surface area contributed by atoms with Gasteiger partial charge in [0, 0.05) is 50.3 Å². The smallest absolute Gasteiger partial charge is 0.350 e. The highest BCUT2D eigenvalue weighted by atomic mass is 32.2. The Bertz CT molecular complexity index is 1370. The maximum absolute atomic E-state index is 14.1. The molecule has 0 radical (unpaired) electrons. The molecule has 2 aliphatic heterocycles. The fourth-order valence-corrected chi connectivity index (χ4v) is 7.49. The normalized spacial score (nSPS) is 21.8. The third-order valence-corrected chi connectivity index (χ3v) is 11.0. The predicted octanol–water partition coefficient (Wildman–Crippen LogP) is 5.22. The van der Waals surface area contributed by atoms with Crippen molar-refractivity contribution in [1.29, 1.82) is 0 Å². The van der Waals surface area contributed by atoms with Crippen molar-refractivity contribution in [1.82, 2.24) is 15.4 Å². The third kappa shape index (κ3) is 6.86. The highest BCUT2D eigenvalue weighted by Crippen LogP contribution is 2.40. The molecule has 1 saturated carbocycles. The quantitative estimate of drug-likeness (QED) is 0.284. The number of rotatable bonds is 10. The second-order valence-electron chi connectivity index (χ2n) is 11.4. The summed E-state index contributed by atoms with van der Waals surface area (Å²) in [6.07, 6.45) is -2.27. The zero-order chi connectivity index (χ0) is 30.9. The number of hydroxylamine groups is 1. The minimum atomic E-state index is -5.62. The summed E-state index contributed by atoms with van der Waals surface area (Å²) in [5, 5.41) is 0. The maximum atomic E-state index is 14.1. The molecule has 5 rings (SSSR count). The minimum absolute atomic E-state index is 0.0498. The standard InChI is InChI=1S/C29H34F5N3O5S/c30-28(31,29(32,33)34)13-12-20-4-11-24(35-19-20)21-5-9-23(10-6-21)43(39,40)27(14-16-37(17-15-27)22-7-8-22)26(38)36-42-25-3-1-2-18-41-25/h4-6,9-11,19,22,25H,1-3,7-8,12-18H2,(H,36,38). The highest BCUT2D eigenvalue weighted by molar-refractivity contribution is 7.93. The number of benzene rings is 1. The molecule has 3 fully saturated rings. The Balaban J connectivity index is 1.30. The number of alkyl halides is 5. The van der Waals surface area contributed by atoms with Gasteiger partial charge in [-0.15, -0.1) is 0 Å². The van der Waals surface area contributed by atoms with Crippen LogP contribution in [0, 0.1) is 0 Å². The SMILES string of the molecule is O=C(NOC1CCCCO1)C1(S(=O)(=O)c2ccc(-c3ccc(CCC(F)(F)C(F)(F)F)cn3)cc2)CCN(C2CC2)CC1. The number of nitrogens with one attached hydrogen (secondary N) is 1. The van der Waals surface area contributed by atoms with E-state index >= 15 is 0 Å². The first kappa shape index (κ1) is 31.7. The third-order valence-electron chi connectivity index (χ3n) is 8.45. The number of amides is 1. The number of piperidine rings is 1. The Morgan fingerprint density at radius 3 is 2.28 bits per heavy atom. The number of carbonyl (C=O) groups excluding carboxylic acids is 1. The highest BCUT2D eigenvalue weighted by Gasteiger charge is 2.57. The van der Waals surface area contributed by atoms with Crippen molar-refractivity contribution in [2.45, 2.75) is 91.9 Å². The van der Waals surface area contributed by atoms with E-state index in [2.05, 4.69) is 15.4 Å². The van der Waals surface area contributed by atoms with Gasteiger partial charge in [0.2, 0.25) is 0 Å². The van der Waals surface area contributed by atoms with Gasteiger partial charge in [-0.05, 0) is 68.7 Å². The predicted molar refractivity (Wildman–Crippen MR) is 146 cm³/mol. The molecule has 8 nitrogen and oxygen atoms in total. The van der Waals surface area contributed by atoms with Crippen molar-refractivity contribution in [3.05, 3.63) is 48.2 Å². The van der Waals surface area contributed by atoms with Crippen LogP contribution in [0.3, 0.4) is 0 Å². The van der Waals surface area contributed by atoms with Crippen LogP contribution in [-0.4, -0.2) is 73.1 Å². The van der Waals surface area contributed by atoms with Gasteiger partial charge >= 0.3 is 12.1 Å². The summed E-state index contributed by atoms with van der Waals surface area (Å²) >= 11 is 0. The van der Waals surface area contributed by atoms with Crippen LogP contribution >= 0.6 is 0 Å². The summed E-state index contributed by atoms with van der Waals surface area (Å²) in [5.41, 5.74) is 3.48. The molecule has 1 aromatic carbocycles. The van der Waals surface area contributed by atoms with Crippen LogP contribution in [0.5, 0.6) is 0 Å². The van der Waals surface area contributed by atoms with Gasteiger partial charge in [-0.25, -0.2) is 18.7 Å². The number of hydrogen-bond donors (Lipinski definition) is 1. The molecule has 2 aromatic rings. The van der Waals surface area contributed by atoms with Crippen LogP contribution in [0.25, 0.3) is 11.3 Å². The summed E-state index contributed by atoms with van der Waals surface area (Å²) in [4.78, 5) is 25.4. The molecule has 1 unspecified atom stereocenters. The lowest BCUT2D eigenvalue weighted by molar-refractivity contribution is -0.284. The number of aromatic nitrogens is 1. The number of likely N-dealkylation sites (tertiary alicyclic amines) is 1. The fourth-order valence-electron chi connectivity index (χ4n) is 5.54. The molecule has 1 aliphatic carbocycles. The van der Waals surface area contributed by atoms with E-state index in [1.807, 2.05) is 0 Å². The molecule has 1 atom stereocenters. The van der Waals surface area contributed by atoms with Crippen LogP contribution in [0.4, 0.5) is 22.0 Å². The average Bonchev–Trinajstić information content (AvgIpc) is 3.85. The average molecular weight is 632 g/mol. The Labute approximate surface area is 246 Å². The Morgan fingerprint density at radius 2 is 1.72 bits per heavy atom. The summed E-state index contributed by atoms with van der Waals surface area (Å²) in [6.45, 7) is 1.42. The van der Waals surface area contributed by atoms with E-state index in [0.717, 1.165) is 25.7 Å². The van der Waals surface area contributed by atoms with Crippen molar-refractivity contribution in [2.75, 3.05) is 19.7 Å². The van der Waals surface area contributed by atoms with Crippen LogP contribution in [0.2, 0.25) is 0 Å². The lowest BCUT2D eigenvalue weighted by atomic mass is 9.94. The zero-order valence-corrected chi connectivity index (χ0v) is 24.2. The maximum Gasteiger partial charge on any atom is 0.453 e. The fraction of sp³-hybridized carbons (Fsp3) is 0.586. The topological polar surface area (TPSA) is 97.8 Å². The molecule has 14 heteroatoms. The second-order valence-corrected chi connectivity index (χ2v) is 13.6. The van der Waals surface area contributed by atoms with E-state index in [1.165, 1.54) is 42.6 Å². The van der Waals surface area contributed by atoms with Crippen molar-refractivity contribution in [3.8, 4) is 11.3 Å². The molecule has 0 bridgehead atoms. The van der Waals surface area contributed by atoms with Crippen LogP contribution in [-0.2, 0) is 30.6 Å². The molecule has 1 amide bonds. The number of sulfone groups is 1. The van der Waals surface area contributed by atoms with Gasteiger partial charge in [0.05, 0.1) is 10.6 Å². The van der Waals surface area contributed by atoms with Gasteiger partial charge in [-0.3, -0.25) is 9.78 Å². The molecular weight excluding hydrogens is 597 g/mol. The van der Waals surface area contributed by atoms with Gasteiger partial charge < -0.3 is 9.64 Å². The Hall–Kier alpha value is -2.68. The number of pyridine rings is 1. The molecule has 0 spiro atoms. The van der Waals surface area contributed by atoms with Crippen LogP contribution in [0.15, 0.2) is 47.5 Å². The Kier molecular flexibility index (Phi) is 9.13. The molecule has 3 heterocycles. The molecule has 2 saturated heterocycles. The van der Waals surface area contributed by atoms with Crippen molar-refractivity contribution >= 4 is 15.7 Å². The molecule has 1 aromatic heterocycles. The van der Waals surface area contributed by atoms with Gasteiger partial charge in [0.15, 0.2) is 20.9 Å². The van der Waals surface area contributed by atoms with Crippen LogP contribution in [0.1, 0.15) is 56.9 Å². The summed E-state index contributed by atoms with van der Waals surface area (Å²) in [6, 6.07) is 9.11. The number of hydrogen-bond acceptors (Lipinski definition) is 7. The van der Waals surface area contributed by atoms with Crippen molar-refractivity contribution in [2.24, 2.45) is 0 Å². The summed E-state index contributed by atoms with van der Waals surface area (Å²) < 4.78 is 95.8. The van der Waals surface area contributed by atoms with Crippen LogP contribution < -0.4 is 5.48 Å². The second kappa shape index (κ2) is 12.4. The molecule has 3 aliphatic rings. The summed E-state index contributed by atoms with van der Waals surface area (Å²) in [5.74, 6) is -5.53. The van der Waals surface area contributed by atoms with Crippen molar-refractivity contribution in [3.63, 3.8) is 0 Å². The lowest BCUT2D eigenvalue weighted by Gasteiger charge is -2.40.